The molecule has 1 aromatic carbocycles. The van der Waals surface area contributed by atoms with Crippen LogP contribution >= 0.6 is 0 Å². The lowest BCUT2D eigenvalue weighted by atomic mass is 10.0. The van der Waals surface area contributed by atoms with Gasteiger partial charge in [-0.25, -0.2) is 9.97 Å². The van der Waals surface area contributed by atoms with Gasteiger partial charge in [0.2, 0.25) is 5.91 Å². The molecule has 186 valence electrons. The Hall–Kier alpha value is -3.53. The number of hydrogen-bond donors (Lipinski definition) is 3. The van der Waals surface area contributed by atoms with Crippen molar-refractivity contribution in [3.63, 3.8) is 0 Å². The van der Waals surface area contributed by atoms with Crippen molar-refractivity contribution in [2.45, 2.75) is 38.6 Å². The van der Waals surface area contributed by atoms with Crippen LogP contribution in [0.3, 0.4) is 0 Å². The van der Waals surface area contributed by atoms with Crippen molar-refractivity contribution < 1.29 is 14.4 Å². The molecular formula is C25H33N7O3. The fraction of sp³-hybridized carbons (Fsp3) is 0.480. The second kappa shape index (κ2) is 11.7. The van der Waals surface area contributed by atoms with E-state index in [-0.39, 0.29) is 11.7 Å². The Balaban J connectivity index is 1.40. The van der Waals surface area contributed by atoms with Gasteiger partial charge in [-0.05, 0) is 38.8 Å². The van der Waals surface area contributed by atoms with E-state index in [0.717, 1.165) is 31.5 Å². The molecule has 35 heavy (non-hydrogen) atoms. The van der Waals surface area contributed by atoms with Crippen molar-refractivity contribution in [1.82, 2.24) is 25.1 Å². The summed E-state index contributed by atoms with van der Waals surface area (Å²) in [6, 6.07) is 11.5. The number of aromatic nitrogens is 2. The van der Waals surface area contributed by atoms with Crippen LogP contribution < -0.4 is 16.0 Å². The number of piperidine rings is 1. The molecule has 0 bridgehead atoms. The van der Waals surface area contributed by atoms with Gasteiger partial charge in [0.1, 0.15) is 11.6 Å². The Labute approximate surface area is 205 Å². The maximum atomic E-state index is 12.8. The lowest BCUT2D eigenvalue weighted by Crippen LogP contribution is -2.48. The van der Waals surface area contributed by atoms with Crippen LogP contribution in [0.2, 0.25) is 0 Å². The Bertz CT molecular complexity index is 1030. The molecule has 2 saturated heterocycles. The van der Waals surface area contributed by atoms with Gasteiger partial charge in [-0.2, -0.15) is 0 Å². The van der Waals surface area contributed by atoms with Crippen molar-refractivity contribution in [2.24, 2.45) is 0 Å². The fourth-order valence-corrected chi connectivity index (χ4v) is 4.60. The second-order valence-corrected chi connectivity index (χ2v) is 8.96. The van der Waals surface area contributed by atoms with E-state index in [1.165, 1.54) is 19.8 Å². The van der Waals surface area contributed by atoms with Crippen LogP contribution in [0.1, 0.15) is 32.6 Å². The van der Waals surface area contributed by atoms with Crippen LogP contribution in [0, 0.1) is 0 Å². The Morgan fingerprint density at radius 2 is 1.63 bits per heavy atom. The van der Waals surface area contributed by atoms with Crippen LogP contribution in [0.5, 0.6) is 0 Å². The van der Waals surface area contributed by atoms with Crippen molar-refractivity contribution in [3.05, 3.63) is 36.4 Å². The largest absolute Gasteiger partial charge is 0.368 e. The minimum Gasteiger partial charge on any atom is -0.368 e. The molecule has 10 heteroatoms. The van der Waals surface area contributed by atoms with Gasteiger partial charge in [0, 0.05) is 50.8 Å². The summed E-state index contributed by atoms with van der Waals surface area (Å²) in [4.78, 5) is 49.9. The second-order valence-electron chi connectivity index (χ2n) is 8.96. The van der Waals surface area contributed by atoms with Gasteiger partial charge in [-0.15, -0.1) is 0 Å². The molecule has 4 rings (SSSR count). The summed E-state index contributed by atoms with van der Waals surface area (Å²) in [6.07, 6.45) is 4.28. The van der Waals surface area contributed by atoms with Gasteiger partial charge >= 0.3 is 11.8 Å². The van der Waals surface area contributed by atoms with Gasteiger partial charge in [-0.1, -0.05) is 30.3 Å². The molecule has 3 N–H and O–H groups in total. The zero-order chi connectivity index (χ0) is 24.6. The van der Waals surface area contributed by atoms with E-state index in [2.05, 4.69) is 30.8 Å². The van der Waals surface area contributed by atoms with E-state index in [9.17, 15) is 14.4 Å². The summed E-state index contributed by atoms with van der Waals surface area (Å²) in [7, 11) is 0. The van der Waals surface area contributed by atoms with Crippen molar-refractivity contribution in [2.75, 3.05) is 49.9 Å². The van der Waals surface area contributed by atoms with Gasteiger partial charge in [0.05, 0.1) is 0 Å². The summed E-state index contributed by atoms with van der Waals surface area (Å²) in [6.45, 7) is 5.77. The summed E-state index contributed by atoms with van der Waals surface area (Å²) in [5.41, 5.74) is 0.781. The first-order valence-electron chi connectivity index (χ1n) is 12.3. The number of likely N-dealkylation sites (tertiary alicyclic amines) is 2. The molecule has 2 aliphatic rings. The first kappa shape index (κ1) is 24.6. The van der Waals surface area contributed by atoms with Gasteiger partial charge in [-0.3, -0.25) is 14.4 Å². The number of hydrogen-bond acceptors (Lipinski definition) is 7. The molecule has 10 nitrogen and oxygen atoms in total. The average molecular weight is 480 g/mol. The number of nitrogens with one attached hydrogen (secondary N) is 3. The third kappa shape index (κ3) is 6.75. The van der Waals surface area contributed by atoms with Crippen LogP contribution in [-0.2, 0) is 14.4 Å². The highest BCUT2D eigenvalue weighted by molar-refractivity contribution is 6.39. The van der Waals surface area contributed by atoms with E-state index in [0.29, 0.717) is 43.9 Å². The lowest BCUT2D eigenvalue weighted by Gasteiger charge is -2.36. The normalized spacial score (nSPS) is 16.7. The predicted molar refractivity (Wildman–Crippen MR) is 134 cm³/mol. The predicted octanol–water partition coefficient (Wildman–Crippen LogP) is 1.72. The highest BCUT2D eigenvalue weighted by Gasteiger charge is 2.30. The smallest absolute Gasteiger partial charge is 0.315 e. The van der Waals surface area contributed by atoms with E-state index in [4.69, 9.17) is 0 Å². The number of amides is 3. The topological polar surface area (TPSA) is 120 Å². The molecule has 3 heterocycles. The SMILES string of the molecule is CC(=O)NCCNc1cc(NC(=O)C(=O)N2CCC(N3CCCC3)CC2)nc(-c2ccccc2)n1. The standard InChI is InChI=1S/C25H33N7O3/c1-18(33)26-11-12-27-21-17-22(29-23(28-21)19-7-3-2-4-8-19)30-24(34)25(35)32-15-9-20(10-16-32)31-13-5-6-14-31/h2-4,7-8,17,20H,5-6,9-16H2,1H3,(H,26,33)(H2,27,28,29,30,34). The van der Waals surface area contributed by atoms with Crippen LogP contribution in [0.15, 0.2) is 36.4 Å². The summed E-state index contributed by atoms with van der Waals surface area (Å²) < 4.78 is 0. The number of rotatable bonds is 7. The Kier molecular flexibility index (Phi) is 8.25. The van der Waals surface area contributed by atoms with Crippen molar-refractivity contribution in [1.29, 1.82) is 0 Å². The fourth-order valence-electron chi connectivity index (χ4n) is 4.60. The number of anilines is 2. The van der Waals surface area contributed by atoms with Gasteiger partial charge in [0.25, 0.3) is 0 Å². The molecular weight excluding hydrogens is 446 g/mol. The van der Waals surface area contributed by atoms with Gasteiger partial charge < -0.3 is 25.8 Å². The van der Waals surface area contributed by atoms with E-state index >= 15 is 0 Å². The summed E-state index contributed by atoms with van der Waals surface area (Å²) in [5, 5.41) is 8.51. The molecule has 0 radical (unpaired) electrons. The van der Waals surface area contributed by atoms with E-state index in [1.54, 1.807) is 11.0 Å². The minimum absolute atomic E-state index is 0.115. The third-order valence-corrected chi connectivity index (χ3v) is 6.41. The summed E-state index contributed by atoms with van der Waals surface area (Å²) in [5.74, 6) is -0.208. The molecule has 0 aliphatic carbocycles. The Morgan fingerprint density at radius 3 is 2.31 bits per heavy atom. The minimum atomic E-state index is -0.702. The first-order chi connectivity index (χ1) is 17.0. The number of benzene rings is 1. The molecule has 0 spiro atoms. The Morgan fingerprint density at radius 1 is 0.943 bits per heavy atom. The van der Waals surface area contributed by atoms with Crippen LogP contribution in [0.4, 0.5) is 11.6 Å². The number of nitrogens with zero attached hydrogens (tertiary/aromatic N) is 4. The van der Waals surface area contributed by atoms with Crippen LogP contribution in [-0.4, -0.2) is 82.8 Å². The van der Waals surface area contributed by atoms with Gasteiger partial charge in [0.15, 0.2) is 5.82 Å². The van der Waals surface area contributed by atoms with Crippen molar-refractivity contribution in [3.8, 4) is 11.4 Å². The molecule has 0 unspecified atom stereocenters. The zero-order valence-corrected chi connectivity index (χ0v) is 20.1. The number of carbonyl (C=O) groups excluding carboxylic acids is 3. The molecule has 2 fully saturated rings. The van der Waals surface area contributed by atoms with Crippen LogP contribution in [0.25, 0.3) is 11.4 Å². The summed E-state index contributed by atoms with van der Waals surface area (Å²) >= 11 is 0. The third-order valence-electron chi connectivity index (χ3n) is 6.41. The van der Waals surface area contributed by atoms with E-state index in [1.807, 2.05) is 30.3 Å². The maximum absolute atomic E-state index is 12.8. The van der Waals surface area contributed by atoms with Crippen molar-refractivity contribution >= 4 is 29.4 Å². The van der Waals surface area contributed by atoms with E-state index < -0.39 is 11.8 Å². The molecule has 1 aromatic heterocycles. The lowest BCUT2D eigenvalue weighted by molar-refractivity contribution is -0.144. The average Bonchev–Trinajstić information content (AvgIpc) is 3.42. The zero-order valence-electron chi connectivity index (χ0n) is 20.1. The maximum Gasteiger partial charge on any atom is 0.315 e. The first-order valence-corrected chi connectivity index (χ1v) is 12.3. The highest BCUT2D eigenvalue weighted by Crippen LogP contribution is 2.22. The molecule has 0 atom stereocenters. The molecule has 3 amide bonds. The molecule has 0 saturated carbocycles. The monoisotopic (exact) mass is 479 g/mol. The highest BCUT2D eigenvalue weighted by atomic mass is 16.2. The molecule has 2 aliphatic heterocycles. The quantitative estimate of drug-likeness (QED) is 0.409. The molecule has 2 aromatic rings. The number of carbonyl (C=O) groups is 3.